The predicted molar refractivity (Wildman–Crippen MR) is 93.9 cm³/mol. The zero-order chi connectivity index (χ0) is 15.0. The van der Waals surface area contributed by atoms with E-state index in [1.54, 1.807) is 0 Å². The van der Waals surface area contributed by atoms with E-state index in [-0.39, 0.29) is 23.7 Å². The summed E-state index contributed by atoms with van der Waals surface area (Å²) in [4.78, 5) is 14.6. The Labute approximate surface area is 141 Å². The molecule has 0 aliphatic carbocycles. The molecule has 2 N–H and O–H groups in total. The lowest BCUT2D eigenvalue weighted by atomic mass is 9.80. The molecule has 2 aromatic rings. The number of nitrogens with zero attached hydrogens (tertiary/aromatic N) is 2. The molecule has 1 aromatic carbocycles. The Hall–Kier alpha value is -1.17. The number of likely N-dealkylation sites (tertiary alicyclic amines) is 1. The number of nitrogens with two attached hydrogens (primary N) is 1. The number of aryl methyl sites for hydroxylation is 1. The van der Waals surface area contributed by atoms with Gasteiger partial charge in [0.1, 0.15) is 5.69 Å². The van der Waals surface area contributed by atoms with E-state index in [9.17, 15) is 4.79 Å². The van der Waals surface area contributed by atoms with Gasteiger partial charge in [0.15, 0.2) is 0 Å². The van der Waals surface area contributed by atoms with Gasteiger partial charge in [-0.3, -0.25) is 4.79 Å². The van der Waals surface area contributed by atoms with Crippen LogP contribution in [0.2, 0.25) is 0 Å². The van der Waals surface area contributed by atoms with Crippen molar-refractivity contribution < 1.29 is 4.79 Å². The highest BCUT2D eigenvalue weighted by Crippen LogP contribution is 2.31. The molecule has 1 aliphatic rings. The van der Waals surface area contributed by atoms with Crippen LogP contribution >= 0.6 is 23.9 Å². The second-order valence-corrected chi connectivity index (χ2v) is 7.14. The van der Waals surface area contributed by atoms with Crippen LogP contribution in [-0.4, -0.2) is 34.8 Å². The zero-order valence-electron chi connectivity index (χ0n) is 13.0. The molecule has 1 aromatic heterocycles. The molecule has 3 rings (SSSR count). The minimum Gasteiger partial charge on any atom is -0.337 e. The lowest BCUT2D eigenvalue weighted by Crippen LogP contribution is -2.44. The molecule has 4 nitrogen and oxygen atoms in total. The zero-order valence-corrected chi connectivity index (χ0v) is 14.6. The fraction of sp³-hybridized carbons (Fsp3) is 0.500. The van der Waals surface area contributed by atoms with Crippen molar-refractivity contribution in [2.75, 3.05) is 19.6 Å². The van der Waals surface area contributed by atoms with E-state index in [0.29, 0.717) is 12.2 Å². The van der Waals surface area contributed by atoms with Gasteiger partial charge in [-0.25, -0.2) is 0 Å². The van der Waals surface area contributed by atoms with E-state index in [1.165, 1.54) is 11.5 Å². The number of piperidine rings is 1. The van der Waals surface area contributed by atoms with E-state index in [1.807, 2.05) is 17.9 Å². The van der Waals surface area contributed by atoms with E-state index in [2.05, 4.69) is 23.4 Å². The van der Waals surface area contributed by atoms with Crippen LogP contribution in [0.5, 0.6) is 0 Å². The number of hydrogen-bond acceptors (Lipinski definition) is 4. The van der Waals surface area contributed by atoms with Gasteiger partial charge < -0.3 is 10.6 Å². The fourth-order valence-corrected chi connectivity index (χ4v) is 3.56. The Bertz CT molecular complexity index is 677. The minimum absolute atomic E-state index is 0. The lowest BCUT2D eigenvalue weighted by Gasteiger charge is -2.38. The molecule has 6 heteroatoms. The maximum atomic E-state index is 12.7. The molecule has 1 saturated heterocycles. The topological polar surface area (TPSA) is 59.2 Å². The van der Waals surface area contributed by atoms with Gasteiger partial charge in [0.05, 0.1) is 4.70 Å². The average molecular weight is 340 g/mol. The average Bonchev–Trinajstić information content (AvgIpc) is 2.90. The van der Waals surface area contributed by atoms with Crippen molar-refractivity contribution in [2.45, 2.75) is 26.7 Å². The molecule has 0 spiro atoms. The smallest absolute Gasteiger partial charge is 0.274 e. The van der Waals surface area contributed by atoms with Gasteiger partial charge in [-0.15, -0.1) is 12.4 Å². The number of rotatable bonds is 2. The molecule has 1 aliphatic heterocycles. The van der Waals surface area contributed by atoms with Gasteiger partial charge >= 0.3 is 0 Å². The quantitative estimate of drug-likeness (QED) is 0.913. The highest BCUT2D eigenvalue weighted by Gasteiger charge is 2.32. The first kappa shape index (κ1) is 17.2. The van der Waals surface area contributed by atoms with Crippen LogP contribution in [0, 0.1) is 12.3 Å². The van der Waals surface area contributed by atoms with Gasteiger partial charge in [0.25, 0.3) is 5.91 Å². The third kappa shape index (κ3) is 3.12. The summed E-state index contributed by atoms with van der Waals surface area (Å²) in [5, 5.41) is 0.983. The predicted octanol–water partition coefficient (Wildman–Crippen LogP) is 3.23. The third-order valence-corrected chi connectivity index (χ3v) is 5.41. The maximum absolute atomic E-state index is 12.7. The Morgan fingerprint density at radius 1 is 1.41 bits per heavy atom. The number of hydrogen-bond donors (Lipinski definition) is 1. The Morgan fingerprint density at radius 3 is 2.73 bits per heavy atom. The van der Waals surface area contributed by atoms with Crippen LogP contribution in [0.4, 0.5) is 0 Å². The normalized spacial score (nSPS) is 17.3. The van der Waals surface area contributed by atoms with Gasteiger partial charge in [-0.1, -0.05) is 18.6 Å². The van der Waals surface area contributed by atoms with Crippen LogP contribution in [0.1, 0.15) is 35.8 Å². The van der Waals surface area contributed by atoms with Crippen LogP contribution in [0.25, 0.3) is 10.1 Å². The first-order chi connectivity index (χ1) is 10.0. The van der Waals surface area contributed by atoms with Crippen LogP contribution < -0.4 is 5.73 Å². The number of fused-ring (bicyclic) bond motifs is 1. The molecule has 0 radical (unpaired) electrons. The Balaban J connectivity index is 0.00000176. The van der Waals surface area contributed by atoms with Crippen molar-refractivity contribution in [1.29, 1.82) is 0 Å². The summed E-state index contributed by atoms with van der Waals surface area (Å²) >= 11 is 1.40. The lowest BCUT2D eigenvalue weighted by molar-refractivity contribution is 0.0615. The van der Waals surface area contributed by atoms with Crippen molar-refractivity contribution >= 4 is 39.9 Å². The first-order valence-corrected chi connectivity index (χ1v) is 8.15. The second kappa shape index (κ2) is 6.52. The summed E-state index contributed by atoms with van der Waals surface area (Å²) in [5.74, 6) is 0.0610. The molecule has 2 heterocycles. The van der Waals surface area contributed by atoms with Crippen LogP contribution in [0.15, 0.2) is 18.2 Å². The van der Waals surface area contributed by atoms with Gasteiger partial charge in [0, 0.05) is 18.5 Å². The summed E-state index contributed by atoms with van der Waals surface area (Å²) in [6.45, 7) is 6.48. The fourth-order valence-electron chi connectivity index (χ4n) is 2.81. The number of carbonyl (C=O) groups is 1. The number of aromatic nitrogens is 1. The number of carbonyl (C=O) groups excluding carboxylic acids is 1. The molecule has 120 valence electrons. The summed E-state index contributed by atoms with van der Waals surface area (Å²) in [7, 11) is 0. The van der Waals surface area contributed by atoms with Gasteiger partial charge in [-0.2, -0.15) is 4.37 Å². The van der Waals surface area contributed by atoms with E-state index in [0.717, 1.165) is 41.6 Å². The third-order valence-electron chi connectivity index (χ3n) is 4.58. The minimum atomic E-state index is 0. The number of halogens is 1. The molecule has 1 amide bonds. The van der Waals surface area contributed by atoms with Crippen molar-refractivity contribution in [3.63, 3.8) is 0 Å². The molecule has 22 heavy (non-hydrogen) atoms. The first-order valence-electron chi connectivity index (χ1n) is 7.38. The van der Waals surface area contributed by atoms with E-state index >= 15 is 0 Å². The molecule has 1 fully saturated rings. The van der Waals surface area contributed by atoms with Gasteiger partial charge in [0.2, 0.25) is 0 Å². The number of amides is 1. The van der Waals surface area contributed by atoms with E-state index < -0.39 is 0 Å². The Kier molecular flexibility index (Phi) is 5.10. The van der Waals surface area contributed by atoms with Crippen LogP contribution in [0.3, 0.4) is 0 Å². The maximum Gasteiger partial charge on any atom is 0.274 e. The highest BCUT2D eigenvalue weighted by molar-refractivity contribution is 7.13. The summed E-state index contributed by atoms with van der Waals surface area (Å²) in [6.07, 6.45) is 1.94. The van der Waals surface area contributed by atoms with E-state index in [4.69, 9.17) is 5.73 Å². The molecule has 0 unspecified atom stereocenters. The summed E-state index contributed by atoms with van der Waals surface area (Å²) < 4.78 is 5.47. The molecule has 0 saturated carbocycles. The SMILES string of the molecule is Cc1ccc2snc(C(=O)N3CCC(C)(CN)CC3)c2c1.Cl. The molecule has 0 bridgehead atoms. The standard InChI is InChI=1S/C16H21N3OS.ClH/c1-11-3-4-13-12(9-11)14(18-21-13)15(20)19-7-5-16(2,10-17)6-8-19;/h3-4,9H,5-8,10,17H2,1-2H3;1H. The molecular formula is C16H22ClN3OS. The van der Waals surface area contributed by atoms with Crippen molar-refractivity contribution in [3.8, 4) is 0 Å². The van der Waals surface area contributed by atoms with Crippen LogP contribution in [-0.2, 0) is 0 Å². The van der Waals surface area contributed by atoms with Gasteiger partial charge in [-0.05, 0) is 55.4 Å². The highest BCUT2D eigenvalue weighted by atomic mass is 35.5. The number of benzene rings is 1. The second-order valence-electron chi connectivity index (χ2n) is 6.34. The van der Waals surface area contributed by atoms with Crippen molar-refractivity contribution in [1.82, 2.24) is 9.27 Å². The summed E-state index contributed by atoms with van der Waals surface area (Å²) in [5.41, 5.74) is 7.77. The largest absolute Gasteiger partial charge is 0.337 e. The molecular weight excluding hydrogens is 318 g/mol. The van der Waals surface area contributed by atoms with Crippen molar-refractivity contribution in [3.05, 3.63) is 29.5 Å². The monoisotopic (exact) mass is 339 g/mol. The summed E-state index contributed by atoms with van der Waals surface area (Å²) in [6, 6.07) is 6.16. The van der Waals surface area contributed by atoms with Crippen molar-refractivity contribution in [2.24, 2.45) is 11.1 Å². The Morgan fingerprint density at radius 2 is 2.09 bits per heavy atom. The molecule has 0 atom stereocenters.